The van der Waals surface area contributed by atoms with E-state index in [9.17, 15) is 0 Å². The molecule has 0 aliphatic heterocycles. The van der Waals surface area contributed by atoms with Gasteiger partial charge < -0.3 is 4.90 Å². The molecule has 2 rings (SSSR count). The second-order valence-electron chi connectivity index (χ2n) is 4.11. The van der Waals surface area contributed by atoms with E-state index in [4.69, 9.17) is 12.2 Å². The molecule has 2 aromatic carbocycles. The molecule has 0 aliphatic rings. The van der Waals surface area contributed by atoms with E-state index in [1.807, 2.05) is 36.4 Å². The molecule has 0 saturated carbocycles. The summed E-state index contributed by atoms with van der Waals surface area (Å²) in [6.07, 6.45) is 0. The molecule has 1 nitrogen and oxygen atoms in total. The third kappa shape index (κ3) is 5.67. The first-order chi connectivity index (χ1) is 8.75. The summed E-state index contributed by atoms with van der Waals surface area (Å²) in [5, 5.41) is 0. The van der Waals surface area contributed by atoms with Crippen LogP contribution < -0.4 is 0 Å². The van der Waals surface area contributed by atoms with Gasteiger partial charge in [0.15, 0.2) is 0 Å². The molecule has 94 valence electrons. The fourth-order valence-corrected chi connectivity index (χ4v) is 2.07. The maximum atomic E-state index is 5.21. The van der Waals surface area contributed by atoms with Gasteiger partial charge in [-0.2, -0.15) is 0 Å². The van der Waals surface area contributed by atoms with Crippen LogP contribution in [0.2, 0.25) is 0 Å². The van der Waals surface area contributed by atoms with Crippen molar-refractivity contribution in [3.63, 3.8) is 0 Å². The first-order valence-corrected chi connectivity index (χ1v) is 6.67. The van der Waals surface area contributed by atoms with Gasteiger partial charge in [-0.15, -0.1) is 12.6 Å². The number of rotatable bonds is 4. The van der Waals surface area contributed by atoms with Gasteiger partial charge in [0.1, 0.15) is 4.32 Å². The van der Waals surface area contributed by atoms with E-state index in [1.54, 1.807) is 0 Å². The van der Waals surface area contributed by atoms with Gasteiger partial charge in [-0.05, 0) is 11.1 Å². The number of thiol groups is 1. The summed E-state index contributed by atoms with van der Waals surface area (Å²) < 4.78 is 0.628. The van der Waals surface area contributed by atoms with Crippen LogP contribution in [-0.4, -0.2) is 38.8 Å². The molecule has 0 aromatic heterocycles. The minimum absolute atomic E-state index is 0. The van der Waals surface area contributed by atoms with Crippen LogP contribution in [0.5, 0.6) is 0 Å². The van der Waals surface area contributed by atoms with E-state index in [2.05, 4.69) is 41.8 Å². The molecule has 2 aromatic rings. The molecule has 0 unspecified atom stereocenters. The van der Waals surface area contributed by atoms with Crippen molar-refractivity contribution >= 4 is 58.7 Å². The summed E-state index contributed by atoms with van der Waals surface area (Å²) in [7, 11) is 0. The maximum absolute atomic E-state index is 5.21. The number of hydrogen-bond acceptors (Lipinski definition) is 1. The fourth-order valence-electron chi connectivity index (χ4n) is 1.80. The van der Waals surface area contributed by atoms with Gasteiger partial charge in [0.05, 0.1) is 0 Å². The van der Waals surface area contributed by atoms with Crippen molar-refractivity contribution in [2.75, 3.05) is 0 Å². The third-order valence-corrected chi connectivity index (χ3v) is 3.24. The zero-order valence-corrected chi connectivity index (χ0v) is 11.7. The Morgan fingerprint density at radius 2 is 1.21 bits per heavy atom. The second kappa shape index (κ2) is 8.77. The molecule has 4 heteroatoms. The van der Waals surface area contributed by atoms with Crippen LogP contribution in [0.25, 0.3) is 0 Å². The first-order valence-electron chi connectivity index (χ1n) is 5.81. The summed E-state index contributed by atoms with van der Waals surface area (Å²) in [5.74, 6) is 0. The van der Waals surface area contributed by atoms with Crippen LogP contribution in [0, 0.1) is 0 Å². The van der Waals surface area contributed by atoms with Crippen LogP contribution in [-0.2, 0) is 13.1 Å². The van der Waals surface area contributed by atoms with Crippen LogP contribution in [0.3, 0.4) is 0 Å². The molecule has 0 bridgehead atoms. The molecule has 0 saturated heterocycles. The van der Waals surface area contributed by atoms with Crippen molar-refractivity contribution < 1.29 is 0 Å². The minimum atomic E-state index is 0. The molecule has 0 amide bonds. The summed E-state index contributed by atoms with van der Waals surface area (Å²) in [6.45, 7) is 1.58. The van der Waals surface area contributed by atoms with Gasteiger partial charge in [0.25, 0.3) is 0 Å². The molecule has 19 heavy (non-hydrogen) atoms. The van der Waals surface area contributed by atoms with Gasteiger partial charge in [0, 0.05) is 13.1 Å². The summed E-state index contributed by atoms with van der Waals surface area (Å²) >= 11 is 9.52. The quantitative estimate of drug-likeness (QED) is 0.524. The summed E-state index contributed by atoms with van der Waals surface area (Å²) in [4.78, 5) is 2.09. The van der Waals surface area contributed by atoms with Gasteiger partial charge >= 0.3 is 29.6 Å². The van der Waals surface area contributed by atoms with Crippen LogP contribution in [0.4, 0.5) is 0 Å². The zero-order chi connectivity index (χ0) is 12.8. The van der Waals surface area contributed by atoms with Crippen LogP contribution >= 0.6 is 24.8 Å². The van der Waals surface area contributed by atoms with Crippen LogP contribution in [0.1, 0.15) is 11.1 Å². The Labute approximate surface area is 147 Å². The fraction of sp³-hybridized carbons (Fsp3) is 0.133. The topological polar surface area (TPSA) is 3.24 Å². The molecule has 0 fully saturated rings. The van der Waals surface area contributed by atoms with Crippen molar-refractivity contribution in [2.45, 2.75) is 13.1 Å². The average Bonchev–Trinajstić information content (AvgIpc) is 2.40. The molecule has 0 N–H and O–H groups in total. The van der Waals surface area contributed by atoms with E-state index in [-0.39, 0.29) is 29.6 Å². The van der Waals surface area contributed by atoms with Crippen molar-refractivity contribution in [3.8, 4) is 0 Å². The molecule has 0 heterocycles. The molecule has 0 atom stereocenters. The van der Waals surface area contributed by atoms with E-state index in [1.165, 1.54) is 11.1 Å². The van der Waals surface area contributed by atoms with E-state index in [0.717, 1.165) is 13.1 Å². The van der Waals surface area contributed by atoms with E-state index < -0.39 is 0 Å². The standard InChI is InChI=1S/C15H15NS2.Na.H/c17-15(18)16(11-13-7-3-1-4-8-13)12-14-9-5-2-6-10-14;;/h1-10H,11-12H2,(H,17,18);;. The Balaban J connectivity index is 0.00000180. The van der Waals surface area contributed by atoms with Gasteiger partial charge in [-0.1, -0.05) is 72.9 Å². The molecule has 0 spiro atoms. The Hall–Kier alpha value is -0.320. The van der Waals surface area contributed by atoms with E-state index >= 15 is 0 Å². The Morgan fingerprint density at radius 1 is 0.842 bits per heavy atom. The number of thiocarbonyl (C=S) groups is 1. The average molecular weight is 297 g/mol. The zero-order valence-electron chi connectivity index (χ0n) is 9.99. The summed E-state index contributed by atoms with van der Waals surface area (Å²) in [5.41, 5.74) is 2.48. The third-order valence-electron chi connectivity index (χ3n) is 2.70. The van der Waals surface area contributed by atoms with E-state index in [0.29, 0.717) is 4.32 Å². The monoisotopic (exact) mass is 297 g/mol. The normalized spacial score (nSPS) is 9.53. The molecule has 0 radical (unpaired) electrons. The van der Waals surface area contributed by atoms with Crippen molar-refractivity contribution in [1.82, 2.24) is 4.90 Å². The summed E-state index contributed by atoms with van der Waals surface area (Å²) in [6, 6.07) is 20.6. The Kier molecular flexibility index (Phi) is 7.73. The predicted molar refractivity (Wildman–Crippen MR) is 90.9 cm³/mol. The Bertz CT molecular complexity index is 461. The molecular weight excluding hydrogens is 281 g/mol. The number of nitrogens with zero attached hydrogens (tertiary/aromatic N) is 1. The van der Waals surface area contributed by atoms with Crippen molar-refractivity contribution in [1.29, 1.82) is 0 Å². The van der Waals surface area contributed by atoms with Gasteiger partial charge in [-0.25, -0.2) is 0 Å². The van der Waals surface area contributed by atoms with Crippen LogP contribution in [0.15, 0.2) is 60.7 Å². The molecule has 0 aliphatic carbocycles. The van der Waals surface area contributed by atoms with Gasteiger partial charge in [0.2, 0.25) is 0 Å². The van der Waals surface area contributed by atoms with Crippen molar-refractivity contribution in [3.05, 3.63) is 71.8 Å². The van der Waals surface area contributed by atoms with Crippen molar-refractivity contribution in [2.24, 2.45) is 0 Å². The number of benzene rings is 2. The SMILES string of the molecule is S=C(S)N(Cc1ccccc1)Cc1ccccc1.[NaH]. The first kappa shape index (κ1) is 16.7. The predicted octanol–water partition coefficient (Wildman–Crippen LogP) is 3.26. The molecular formula is C15H16NNaS2. The second-order valence-corrected chi connectivity index (χ2v) is 5.22. The Morgan fingerprint density at radius 3 is 1.53 bits per heavy atom. The van der Waals surface area contributed by atoms with Gasteiger partial charge in [-0.3, -0.25) is 0 Å². The number of hydrogen-bond donors (Lipinski definition) is 1.